The van der Waals surface area contributed by atoms with Gasteiger partial charge in [0.05, 0.1) is 0 Å². The Hall–Kier alpha value is 0.613. The van der Waals surface area contributed by atoms with Crippen LogP contribution in [-0.2, 0) is 19.5 Å². The first-order valence-electron chi connectivity index (χ1n) is 1.82. The normalized spacial score (nSPS) is 6.62. The van der Waals surface area contributed by atoms with Gasteiger partial charge in [-0.3, -0.25) is 0 Å². The first-order valence-corrected chi connectivity index (χ1v) is 2.64. The Morgan fingerprint density at radius 2 is 2.25 bits per heavy atom. The minimum Gasteiger partial charge on any atom is -1.00 e. The molecule has 0 spiro atoms. The van der Waals surface area contributed by atoms with Gasteiger partial charge in [-0.15, -0.1) is 5.38 Å². The zero-order chi connectivity index (χ0) is 4.41. The van der Waals surface area contributed by atoms with Crippen LogP contribution in [0.3, 0.4) is 0 Å². The fourth-order valence-electron chi connectivity index (χ4n) is 0.312. The Bertz CT molecular complexity index is 116. The molecular weight excluding hydrogens is 193 g/mol. The molecule has 1 aromatic rings. The summed E-state index contributed by atoms with van der Waals surface area (Å²) in [7, 11) is 0. The average molecular weight is 198 g/mol. The van der Waals surface area contributed by atoms with Crippen LogP contribution in [-0.4, -0.2) is 0 Å². The maximum atomic E-state index is 2.97. The predicted octanol–water partition coefficient (Wildman–Crippen LogP) is -1.14. The molecule has 0 N–H and O–H groups in total. The van der Waals surface area contributed by atoms with E-state index in [4.69, 9.17) is 0 Å². The molecule has 0 aliphatic heterocycles. The standard InChI is InChI=1S/C5H5S.ClH.Zn/c1-5-3-2-4-6-5;;/h2-3H,1H3;1H;/q-1;;+2/p-1. The van der Waals surface area contributed by atoms with Gasteiger partial charge in [-0.25, -0.2) is 6.07 Å². The van der Waals surface area contributed by atoms with Crippen LogP contribution in [0.25, 0.3) is 0 Å². The molecule has 1 rings (SSSR count). The first kappa shape index (κ1) is 11.4. The third-order valence-corrected chi connectivity index (χ3v) is 1.32. The summed E-state index contributed by atoms with van der Waals surface area (Å²) in [6.07, 6.45) is 0. The van der Waals surface area contributed by atoms with Crippen LogP contribution >= 0.6 is 11.3 Å². The van der Waals surface area contributed by atoms with E-state index in [9.17, 15) is 0 Å². The second-order valence-electron chi connectivity index (χ2n) is 1.16. The summed E-state index contributed by atoms with van der Waals surface area (Å²) in [4.78, 5) is 1.33. The topological polar surface area (TPSA) is 0 Å². The number of hydrogen-bond acceptors (Lipinski definition) is 1. The summed E-state index contributed by atoms with van der Waals surface area (Å²) in [6.45, 7) is 2.07. The Kier molecular flexibility index (Phi) is 8.20. The van der Waals surface area contributed by atoms with Crippen molar-refractivity contribution in [3.8, 4) is 0 Å². The van der Waals surface area contributed by atoms with E-state index in [0.29, 0.717) is 0 Å². The molecule has 0 aromatic carbocycles. The van der Waals surface area contributed by atoms with Crippen molar-refractivity contribution in [2.45, 2.75) is 6.92 Å². The van der Waals surface area contributed by atoms with E-state index in [1.807, 2.05) is 12.1 Å². The van der Waals surface area contributed by atoms with Crippen LogP contribution in [0.1, 0.15) is 4.88 Å². The Morgan fingerprint density at radius 3 is 2.38 bits per heavy atom. The SMILES string of the molecule is Cc1cc[c-]s1.[Cl-].[Zn+2]. The number of halogens is 1. The molecule has 0 aliphatic rings. The molecule has 0 saturated heterocycles. The Balaban J connectivity index is 0. The third-order valence-electron chi connectivity index (χ3n) is 0.606. The van der Waals surface area contributed by atoms with Gasteiger partial charge in [0.2, 0.25) is 0 Å². The van der Waals surface area contributed by atoms with Crippen molar-refractivity contribution in [1.29, 1.82) is 0 Å². The van der Waals surface area contributed by atoms with Crippen LogP contribution in [0.15, 0.2) is 12.1 Å². The molecule has 0 aliphatic carbocycles. The molecule has 3 heteroatoms. The molecule has 0 saturated carbocycles. The third kappa shape index (κ3) is 3.60. The van der Waals surface area contributed by atoms with Gasteiger partial charge >= 0.3 is 19.5 Å². The molecule has 0 fully saturated rings. The molecule has 8 heavy (non-hydrogen) atoms. The van der Waals surface area contributed by atoms with Gasteiger partial charge in [0.15, 0.2) is 0 Å². The minimum atomic E-state index is 0. The second kappa shape index (κ2) is 5.74. The van der Waals surface area contributed by atoms with E-state index in [1.165, 1.54) is 4.88 Å². The quantitative estimate of drug-likeness (QED) is 0.365. The minimum absolute atomic E-state index is 0. The number of rotatable bonds is 0. The van der Waals surface area contributed by atoms with E-state index in [-0.39, 0.29) is 31.9 Å². The zero-order valence-corrected chi connectivity index (χ0v) is 9.19. The molecular formula is C5H5ClSZn. The van der Waals surface area contributed by atoms with Crippen molar-refractivity contribution in [2.24, 2.45) is 0 Å². The maximum Gasteiger partial charge on any atom is 2.00 e. The predicted molar refractivity (Wildman–Crippen MR) is 27.9 cm³/mol. The Labute approximate surface area is 72.5 Å². The Morgan fingerprint density at radius 1 is 1.62 bits per heavy atom. The van der Waals surface area contributed by atoms with Crippen LogP contribution in [0.4, 0.5) is 0 Å². The van der Waals surface area contributed by atoms with Gasteiger partial charge < -0.3 is 23.7 Å². The molecule has 40 valence electrons. The van der Waals surface area contributed by atoms with Crippen molar-refractivity contribution in [1.82, 2.24) is 0 Å². The summed E-state index contributed by atoms with van der Waals surface area (Å²) in [6, 6.07) is 3.98. The van der Waals surface area contributed by atoms with Gasteiger partial charge in [-0.2, -0.15) is 10.9 Å². The number of hydrogen-bond donors (Lipinski definition) is 0. The fourth-order valence-corrected chi connectivity index (χ4v) is 0.770. The summed E-state index contributed by atoms with van der Waals surface area (Å²) in [5.74, 6) is 0. The first-order chi connectivity index (χ1) is 2.89. The van der Waals surface area contributed by atoms with Crippen molar-refractivity contribution in [3.63, 3.8) is 0 Å². The van der Waals surface area contributed by atoms with Gasteiger partial charge in [0, 0.05) is 0 Å². The van der Waals surface area contributed by atoms with Gasteiger partial charge in [0.1, 0.15) is 0 Å². The van der Waals surface area contributed by atoms with E-state index < -0.39 is 0 Å². The van der Waals surface area contributed by atoms with Crippen molar-refractivity contribution >= 4 is 11.3 Å². The molecule has 0 nitrogen and oxygen atoms in total. The maximum absolute atomic E-state index is 2.97. The summed E-state index contributed by atoms with van der Waals surface area (Å²) in [5.41, 5.74) is 0. The van der Waals surface area contributed by atoms with E-state index in [2.05, 4.69) is 12.3 Å². The molecule has 1 heterocycles. The average Bonchev–Trinajstić information content (AvgIpc) is 1.86. The van der Waals surface area contributed by atoms with Gasteiger partial charge in [0.25, 0.3) is 0 Å². The summed E-state index contributed by atoms with van der Waals surface area (Å²) in [5, 5.41) is 2.97. The fraction of sp³-hybridized carbons (Fsp3) is 0.200. The van der Waals surface area contributed by atoms with E-state index in [0.717, 1.165) is 0 Å². The van der Waals surface area contributed by atoms with Crippen LogP contribution < -0.4 is 12.4 Å². The molecule has 0 atom stereocenters. The van der Waals surface area contributed by atoms with Crippen LogP contribution in [0, 0.1) is 12.3 Å². The van der Waals surface area contributed by atoms with E-state index >= 15 is 0 Å². The van der Waals surface area contributed by atoms with Gasteiger partial charge in [-0.05, 0) is 0 Å². The van der Waals surface area contributed by atoms with Gasteiger partial charge in [-0.1, -0.05) is 6.92 Å². The smallest absolute Gasteiger partial charge is 1.00 e. The molecule has 1 aromatic heterocycles. The number of thiophene rings is 1. The summed E-state index contributed by atoms with van der Waals surface area (Å²) < 4.78 is 0. The van der Waals surface area contributed by atoms with Crippen molar-refractivity contribution < 1.29 is 31.9 Å². The number of aryl methyl sites for hydroxylation is 1. The molecule has 0 amide bonds. The molecule has 0 radical (unpaired) electrons. The summed E-state index contributed by atoms with van der Waals surface area (Å²) >= 11 is 1.65. The van der Waals surface area contributed by atoms with Crippen molar-refractivity contribution in [3.05, 3.63) is 22.4 Å². The van der Waals surface area contributed by atoms with E-state index in [1.54, 1.807) is 11.3 Å². The monoisotopic (exact) mass is 196 g/mol. The second-order valence-corrected chi connectivity index (χ2v) is 2.25. The van der Waals surface area contributed by atoms with Crippen LogP contribution in [0.5, 0.6) is 0 Å². The molecule has 0 unspecified atom stereocenters. The largest absolute Gasteiger partial charge is 2.00 e. The zero-order valence-electron chi connectivity index (χ0n) is 4.65. The molecule has 0 bridgehead atoms. The van der Waals surface area contributed by atoms with Crippen LogP contribution in [0.2, 0.25) is 0 Å². The van der Waals surface area contributed by atoms with Crippen molar-refractivity contribution in [2.75, 3.05) is 0 Å².